The van der Waals surface area contributed by atoms with Crippen LogP contribution in [0.5, 0.6) is 0 Å². The van der Waals surface area contributed by atoms with Gasteiger partial charge in [-0.15, -0.1) is 0 Å². The summed E-state index contributed by atoms with van der Waals surface area (Å²) in [6.07, 6.45) is 1.80. The Morgan fingerprint density at radius 3 is 2.58 bits per heavy atom. The van der Waals surface area contributed by atoms with Gasteiger partial charge in [-0.2, -0.15) is 0 Å². The summed E-state index contributed by atoms with van der Waals surface area (Å²) in [5, 5.41) is 10.2. The van der Waals surface area contributed by atoms with Crippen LogP contribution in [0.1, 0.15) is 34.2 Å². The van der Waals surface area contributed by atoms with E-state index in [1.165, 1.54) is 0 Å². The number of nitrogens with one attached hydrogen (secondary N) is 2. The van der Waals surface area contributed by atoms with Gasteiger partial charge in [0.15, 0.2) is 5.17 Å². The molecule has 6 nitrogen and oxygen atoms in total. The Kier molecular flexibility index (Phi) is 4.99. The molecule has 2 heterocycles. The van der Waals surface area contributed by atoms with Crippen molar-refractivity contribution in [2.75, 3.05) is 6.61 Å². The second kappa shape index (κ2) is 7.21. The van der Waals surface area contributed by atoms with Gasteiger partial charge in [0.1, 0.15) is 0 Å². The first-order valence-corrected chi connectivity index (χ1v) is 8.98. The van der Waals surface area contributed by atoms with E-state index in [0.29, 0.717) is 17.1 Å². The third-order valence-corrected chi connectivity index (χ3v) is 4.89. The van der Waals surface area contributed by atoms with Crippen LogP contribution >= 0.6 is 11.8 Å². The highest BCUT2D eigenvalue weighted by atomic mass is 32.2. The first kappa shape index (κ1) is 18.0. The van der Waals surface area contributed by atoms with E-state index < -0.39 is 0 Å². The number of thioether (sulfide) groups is 1. The summed E-state index contributed by atoms with van der Waals surface area (Å²) in [5.74, 6) is -0.583. The van der Waals surface area contributed by atoms with Crippen molar-refractivity contribution >= 4 is 34.9 Å². The largest absolute Gasteiger partial charge is 0.462 e. The van der Waals surface area contributed by atoms with Crippen molar-refractivity contribution in [1.29, 1.82) is 5.41 Å². The van der Waals surface area contributed by atoms with E-state index in [0.717, 1.165) is 34.4 Å². The van der Waals surface area contributed by atoms with Gasteiger partial charge in [0.05, 0.1) is 17.1 Å². The van der Waals surface area contributed by atoms with Gasteiger partial charge in [-0.25, -0.2) is 4.79 Å². The van der Waals surface area contributed by atoms with E-state index in [9.17, 15) is 9.59 Å². The van der Waals surface area contributed by atoms with Gasteiger partial charge in [-0.3, -0.25) is 10.2 Å². The normalized spacial score (nSPS) is 15.4. The molecule has 26 heavy (non-hydrogen) atoms. The Labute approximate surface area is 155 Å². The highest BCUT2D eigenvalue weighted by Gasteiger charge is 2.23. The molecular weight excluding hydrogens is 350 g/mol. The SMILES string of the molecule is CCOC(=O)c1ccc(-n2c(C)cc(/C=C3\SC(=N)NC3=O)c2C)cc1. The molecule has 1 saturated heterocycles. The second-order valence-electron chi connectivity index (χ2n) is 5.82. The van der Waals surface area contributed by atoms with Crippen LogP contribution in [0.15, 0.2) is 35.2 Å². The zero-order valence-corrected chi connectivity index (χ0v) is 15.6. The molecule has 0 radical (unpaired) electrons. The summed E-state index contributed by atoms with van der Waals surface area (Å²) in [7, 11) is 0. The Balaban J connectivity index is 1.93. The number of aromatic nitrogens is 1. The molecule has 1 aromatic carbocycles. The summed E-state index contributed by atoms with van der Waals surface area (Å²) in [6.45, 7) is 6.08. The minimum absolute atomic E-state index is 0.143. The van der Waals surface area contributed by atoms with Gasteiger partial charge in [0.25, 0.3) is 5.91 Å². The van der Waals surface area contributed by atoms with Crippen molar-refractivity contribution in [1.82, 2.24) is 9.88 Å². The van der Waals surface area contributed by atoms with Crippen molar-refractivity contribution in [3.63, 3.8) is 0 Å². The molecule has 0 aliphatic carbocycles. The molecule has 1 fully saturated rings. The third-order valence-electron chi connectivity index (χ3n) is 4.06. The molecule has 1 aromatic heterocycles. The molecule has 134 valence electrons. The van der Waals surface area contributed by atoms with Crippen LogP contribution in [-0.4, -0.2) is 28.2 Å². The number of amidine groups is 1. The van der Waals surface area contributed by atoms with E-state index in [1.807, 2.05) is 32.0 Å². The molecule has 0 unspecified atom stereocenters. The van der Waals surface area contributed by atoms with Crippen LogP contribution in [-0.2, 0) is 9.53 Å². The molecule has 1 aliphatic rings. The maximum absolute atomic E-state index is 11.8. The lowest BCUT2D eigenvalue weighted by molar-refractivity contribution is -0.115. The molecule has 2 N–H and O–H groups in total. The summed E-state index contributed by atoms with van der Waals surface area (Å²) in [5.41, 5.74) is 4.35. The number of amides is 1. The van der Waals surface area contributed by atoms with Gasteiger partial charge < -0.3 is 14.6 Å². The molecule has 0 saturated carbocycles. The summed E-state index contributed by atoms with van der Waals surface area (Å²) < 4.78 is 7.07. The van der Waals surface area contributed by atoms with E-state index >= 15 is 0 Å². The van der Waals surface area contributed by atoms with Crippen LogP contribution in [0.25, 0.3) is 11.8 Å². The molecule has 2 aromatic rings. The number of rotatable bonds is 4. The molecule has 0 bridgehead atoms. The van der Waals surface area contributed by atoms with E-state index in [4.69, 9.17) is 10.1 Å². The molecule has 1 amide bonds. The number of carbonyl (C=O) groups excluding carboxylic acids is 2. The Hall–Kier alpha value is -2.80. The predicted molar refractivity (Wildman–Crippen MR) is 103 cm³/mol. The highest BCUT2D eigenvalue weighted by Crippen LogP contribution is 2.28. The summed E-state index contributed by atoms with van der Waals surface area (Å²) in [6, 6.07) is 9.22. The van der Waals surface area contributed by atoms with E-state index in [1.54, 1.807) is 25.1 Å². The van der Waals surface area contributed by atoms with Crippen LogP contribution < -0.4 is 5.32 Å². The molecule has 0 atom stereocenters. The molecule has 0 spiro atoms. The topological polar surface area (TPSA) is 84.2 Å². The first-order valence-electron chi connectivity index (χ1n) is 8.16. The quantitative estimate of drug-likeness (QED) is 0.639. The van der Waals surface area contributed by atoms with Crippen molar-refractivity contribution in [3.05, 3.63) is 57.8 Å². The smallest absolute Gasteiger partial charge is 0.338 e. The number of benzene rings is 1. The Bertz CT molecular complexity index is 926. The van der Waals surface area contributed by atoms with Crippen LogP contribution in [0.3, 0.4) is 0 Å². The fraction of sp³-hybridized carbons (Fsp3) is 0.211. The standard InChI is InChI=1S/C19H19N3O3S/c1-4-25-18(24)13-5-7-15(8-6-13)22-11(2)9-14(12(22)3)10-16-17(23)21-19(20)26-16/h5-10H,4H2,1-3H3,(H2,20,21,23)/b16-10-. The minimum Gasteiger partial charge on any atom is -0.462 e. The summed E-state index contributed by atoms with van der Waals surface area (Å²) >= 11 is 1.12. The van der Waals surface area contributed by atoms with Crippen molar-refractivity contribution in [3.8, 4) is 5.69 Å². The minimum atomic E-state index is -0.336. The van der Waals surface area contributed by atoms with Crippen molar-refractivity contribution in [2.24, 2.45) is 0 Å². The first-order chi connectivity index (χ1) is 12.4. The van der Waals surface area contributed by atoms with Gasteiger partial charge in [-0.1, -0.05) is 0 Å². The van der Waals surface area contributed by atoms with E-state index in [-0.39, 0.29) is 17.0 Å². The zero-order chi connectivity index (χ0) is 18.8. The van der Waals surface area contributed by atoms with Gasteiger partial charge in [-0.05, 0) is 74.5 Å². The number of hydrogen-bond donors (Lipinski definition) is 2. The fourth-order valence-electron chi connectivity index (χ4n) is 2.87. The monoisotopic (exact) mass is 369 g/mol. The molecule has 3 rings (SSSR count). The molecule has 1 aliphatic heterocycles. The van der Waals surface area contributed by atoms with Crippen LogP contribution in [0.4, 0.5) is 0 Å². The van der Waals surface area contributed by atoms with Crippen molar-refractivity contribution < 1.29 is 14.3 Å². The average molecular weight is 369 g/mol. The lowest BCUT2D eigenvalue weighted by Gasteiger charge is -2.10. The second-order valence-corrected chi connectivity index (χ2v) is 6.88. The van der Waals surface area contributed by atoms with Crippen molar-refractivity contribution in [2.45, 2.75) is 20.8 Å². The summed E-state index contributed by atoms with van der Waals surface area (Å²) in [4.78, 5) is 24.1. The van der Waals surface area contributed by atoms with Gasteiger partial charge >= 0.3 is 5.97 Å². The lowest BCUT2D eigenvalue weighted by Crippen LogP contribution is -2.18. The fourth-order valence-corrected chi connectivity index (χ4v) is 3.57. The number of hydrogen-bond acceptors (Lipinski definition) is 5. The number of aryl methyl sites for hydroxylation is 1. The van der Waals surface area contributed by atoms with Crippen LogP contribution in [0, 0.1) is 19.3 Å². The maximum Gasteiger partial charge on any atom is 0.338 e. The van der Waals surface area contributed by atoms with Gasteiger partial charge in [0.2, 0.25) is 0 Å². The van der Waals surface area contributed by atoms with Gasteiger partial charge in [0, 0.05) is 17.1 Å². The average Bonchev–Trinajstić information content (AvgIpc) is 3.06. The highest BCUT2D eigenvalue weighted by molar-refractivity contribution is 8.18. The number of ether oxygens (including phenoxy) is 1. The number of nitrogens with zero attached hydrogens (tertiary/aromatic N) is 1. The van der Waals surface area contributed by atoms with E-state index in [2.05, 4.69) is 9.88 Å². The third kappa shape index (κ3) is 3.43. The molecule has 7 heteroatoms. The number of carbonyl (C=O) groups is 2. The predicted octanol–water partition coefficient (Wildman–Crippen LogP) is 3.41. The number of esters is 1. The Morgan fingerprint density at radius 2 is 2.00 bits per heavy atom. The van der Waals surface area contributed by atoms with Crippen LogP contribution in [0.2, 0.25) is 0 Å². The Morgan fingerprint density at radius 1 is 1.31 bits per heavy atom. The molecular formula is C19H19N3O3S. The maximum atomic E-state index is 11.8. The lowest BCUT2D eigenvalue weighted by atomic mass is 10.2. The zero-order valence-electron chi connectivity index (χ0n) is 14.8.